The van der Waals surface area contributed by atoms with Gasteiger partial charge < -0.3 is 20.1 Å². The fraction of sp³-hybridized carbons (Fsp3) is 0.227. The molecular weight excluding hydrogens is 438 g/mol. The van der Waals surface area contributed by atoms with Crippen molar-refractivity contribution in [3.8, 4) is 11.5 Å². The molecule has 0 bridgehead atoms. The van der Waals surface area contributed by atoms with Crippen LogP contribution in [0.3, 0.4) is 0 Å². The highest BCUT2D eigenvalue weighted by atomic mass is 35.5. The summed E-state index contributed by atoms with van der Waals surface area (Å²) in [7, 11) is 3.09. The predicted octanol–water partition coefficient (Wildman–Crippen LogP) is 4.62. The van der Waals surface area contributed by atoms with E-state index in [2.05, 4.69) is 16.0 Å². The number of halogens is 1. The number of carbonyl (C=O) groups excluding carboxylic acids is 2. The van der Waals surface area contributed by atoms with Gasteiger partial charge in [-0.15, -0.1) is 0 Å². The number of amides is 2. The third-order valence-electron chi connectivity index (χ3n) is 4.05. The summed E-state index contributed by atoms with van der Waals surface area (Å²) in [6.45, 7) is 1.93. The molecule has 0 heterocycles. The van der Waals surface area contributed by atoms with E-state index in [9.17, 15) is 9.59 Å². The van der Waals surface area contributed by atoms with Gasteiger partial charge in [0, 0.05) is 18.2 Å². The van der Waals surface area contributed by atoms with Gasteiger partial charge >= 0.3 is 0 Å². The molecule has 0 aromatic heterocycles. The Morgan fingerprint density at radius 2 is 1.81 bits per heavy atom. The first-order valence-electron chi connectivity index (χ1n) is 9.47. The van der Waals surface area contributed by atoms with E-state index in [0.29, 0.717) is 34.3 Å². The van der Waals surface area contributed by atoms with Crippen LogP contribution >= 0.6 is 23.8 Å². The maximum atomic E-state index is 12.2. The number of ether oxygens (including phenoxy) is 2. The van der Waals surface area contributed by atoms with E-state index in [-0.39, 0.29) is 11.0 Å². The molecule has 31 heavy (non-hydrogen) atoms. The maximum Gasteiger partial charge on any atom is 0.250 e. The second-order valence-electron chi connectivity index (χ2n) is 6.38. The molecule has 0 aliphatic heterocycles. The zero-order valence-electron chi connectivity index (χ0n) is 17.5. The Bertz CT molecular complexity index is 995. The SMILES string of the molecule is CCCC(=O)Nc1ccc(Cl)c(NC(=S)NC(=O)/C=C/c2ccc(OC)c(OC)c2)c1. The first-order valence-corrected chi connectivity index (χ1v) is 10.3. The van der Waals surface area contributed by atoms with Crippen molar-refractivity contribution in [2.75, 3.05) is 24.9 Å². The number of hydrogen-bond acceptors (Lipinski definition) is 5. The number of nitrogens with one attached hydrogen (secondary N) is 3. The van der Waals surface area contributed by atoms with Crippen LogP contribution in [-0.4, -0.2) is 31.1 Å². The molecular formula is C22H24ClN3O4S. The Morgan fingerprint density at radius 3 is 2.48 bits per heavy atom. The van der Waals surface area contributed by atoms with Crippen molar-refractivity contribution in [2.45, 2.75) is 19.8 Å². The number of methoxy groups -OCH3 is 2. The van der Waals surface area contributed by atoms with Gasteiger partial charge in [0.25, 0.3) is 0 Å². The topological polar surface area (TPSA) is 88.7 Å². The summed E-state index contributed by atoms with van der Waals surface area (Å²) < 4.78 is 10.4. The van der Waals surface area contributed by atoms with Crippen LogP contribution in [-0.2, 0) is 9.59 Å². The number of benzene rings is 2. The molecule has 0 fully saturated rings. The molecule has 0 aliphatic carbocycles. The van der Waals surface area contributed by atoms with Crippen LogP contribution in [0.1, 0.15) is 25.3 Å². The molecule has 0 spiro atoms. The molecule has 0 saturated heterocycles. The second-order valence-corrected chi connectivity index (χ2v) is 7.20. The molecule has 2 aromatic rings. The van der Waals surface area contributed by atoms with Gasteiger partial charge in [-0.3, -0.25) is 14.9 Å². The zero-order valence-corrected chi connectivity index (χ0v) is 19.0. The summed E-state index contributed by atoms with van der Waals surface area (Å²) in [5, 5.41) is 8.66. The molecule has 0 atom stereocenters. The molecule has 2 rings (SSSR count). The Balaban J connectivity index is 1.98. The summed E-state index contributed by atoms with van der Waals surface area (Å²) in [4.78, 5) is 24.0. The van der Waals surface area contributed by atoms with Gasteiger partial charge in [-0.1, -0.05) is 24.6 Å². The lowest BCUT2D eigenvalue weighted by atomic mass is 10.2. The molecule has 0 unspecified atom stereocenters. The Labute approximate surface area is 191 Å². The summed E-state index contributed by atoms with van der Waals surface area (Å²) in [5.74, 6) is 0.644. The van der Waals surface area contributed by atoms with Crippen molar-refractivity contribution in [3.63, 3.8) is 0 Å². The van der Waals surface area contributed by atoms with Crippen LogP contribution in [0, 0.1) is 0 Å². The van der Waals surface area contributed by atoms with Crippen molar-refractivity contribution in [1.82, 2.24) is 5.32 Å². The molecule has 2 aromatic carbocycles. The van der Waals surface area contributed by atoms with Crippen LogP contribution in [0.5, 0.6) is 11.5 Å². The number of thiocarbonyl (C=S) groups is 1. The summed E-state index contributed by atoms with van der Waals surface area (Å²) >= 11 is 11.4. The summed E-state index contributed by atoms with van der Waals surface area (Å²) in [6.07, 6.45) is 4.14. The number of rotatable bonds is 8. The third kappa shape index (κ3) is 7.58. The highest BCUT2D eigenvalue weighted by Gasteiger charge is 2.08. The van der Waals surface area contributed by atoms with Crippen LogP contribution in [0.2, 0.25) is 5.02 Å². The van der Waals surface area contributed by atoms with E-state index in [0.717, 1.165) is 12.0 Å². The van der Waals surface area contributed by atoms with Crippen LogP contribution in [0.25, 0.3) is 6.08 Å². The highest BCUT2D eigenvalue weighted by Crippen LogP contribution is 2.28. The average molecular weight is 462 g/mol. The van der Waals surface area contributed by atoms with Crippen LogP contribution in [0.15, 0.2) is 42.5 Å². The van der Waals surface area contributed by atoms with Gasteiger partial charge in [-0.2, -0.15) is 0 Å². The normalized spacial score (nSPS) is 10.5. The third-order valence-corrected chi connectivity index (χ3v) is 4.58. The summed E-state index contributed by atoms with van der Waals surface area (Å²) in [6, 6.07) is 10.3. The standard InChI is InChI=1S/C22H24ClN3O4S/c1-4-5-20(27)24-15-8-9-16(23)17(13-15)25-22(31)26-21(28)11-7-14-6-10-18(29-2)19(12-14)30-3/h6-13H,4-5H2,1-3H3,(H,24,27)(H2,25,26,28,31)/b11-7+. The lowest BCUT2D eigenvalue weighted by Crippen LogP contribution is -2.32. The Hall–Kier alpha value is -3.10. The maximum absolute atomic E-state index is 12.2. The van der Waals surface area contributed by atoms with E-state index in [1.165, 1.54) is 13.2 Å². The molecule has 0 saturated carbocycles. The first kappa shape index (κ1) is 24.2. The monoisotopic (exact) mass is 461 g/mol. The van der Waals surface area contributed by atoms with Gasteiger partial charge in [0.2, 0.25) is 11.8 Å². The first-order chi connectivity index (χ1) is 14.9. The van der Waals surface area contributed by atoms with Gasteiger partial charge in [-0.05, 0) is 60.6 Å². The predicted molar refractivity (Wildman–Crippen MR) is 128 cm³/mol. The lowest BCUT2D eigenvalue weighted by molar-refractivity contribution is -0.116. The summed E-state index contributed by atoms with van der Waals surface area (Å²) in [5.41, 5.74) is 1.79. The van der Waals surface area contributed by atoms with Gasteiger partial charge in [0.15, 0.2) is 16.6 Å². The van der Waals surface area contributed by atoms with Gasteiger partial charge in [0.05, 0.1) is 24.9 Å². The van der Waals surface area contributed by atoms with Crippen molar-refractivity contribution < 1.29 is 19.1 Å². The zero-order chi connectivity index (χ0) is 22.8. The molecule has 7 nitrogen and oxygen atoms in total. The molecule has 9 heteroatoms. The minimum Gasteiger partial charge on any atom is -0.493 e. The molecule has 164 valence electrons. The van der Waals surface area contributed by atoms with Gasteiger partial charge in [0.1, 0.15) is 0 Å². The Kier molecular flexibility index (Phi) is 9.30. The second kappa shape index (κ2) is 11.9. The number of hydrogen-bond donors (Lipinski definition) is 3. The van der Waals surface area contributed by atoms with Crippen LogP contribution in [0.4, 0.5) is 11.4 Å². The van der Waals surface area contributed by atoms with E-state index < -0.39 is 5.91 Å². The molecule has 3 N–H and O–H groups in total. The Morgan fingerprint density at radius 1 is 1.06 bits per heavy atom. The molecule has 0 radical (unpaired) electrons. The highest BCUT2D eigenvalue weighted by molar-refractivity contribution is 7.80. The fourth-order valence-corrected chi connectivity index (χ4v) is 2.96. The smallest absolute Gasteiger partial charge is 0.250 e. The van der Waals surface area contributed by atoms with E-state index >= 15 is 0 Å². The van der Waals surface area contributed by atoms with Crippen LogP contribution < -0.4 is 25.4 Å². The van der Waals surface area contributed by atoms with Gasteiger partial charge in [-0.25, -0.2) is 0 Å². The fourth-order valence-electron chi connectivity index (χ4n) is 2.58. The van der Waals surface area contributed by atoms with E-state index in [1.54, 1.807) is 49.6 Å². The van der Waals surface area contributed by atoms with E-state index in [4.69, 9.17) is 33.3 Å². The average Bonchev–Trinajstić information content (AvgIpc) is 2.74. The van der Waals surface area contributed by atoms with Crippen molar-refractivity contribution in [3.05, 3.63) is 53.1 Å². The molecule has 2 amide bonds. The van der Waals surface area contributed by atoms with Crippen molar-refractivity contribution in [2.24, 2.45) is 0 Å². The number of anilines is 2. The van der Waals surface area contributed by atoms with Crippen molar-refractivity contribution >= 4 is 58.2 Å². The van der Waals surface area contributed by atoms with Crippen molar-refractivity contribution in [1.29, 1.82) is 0 Å². The largest absolute Gasteiger partial charge is 0.493 e. The number of carbonyl (C=O) groups is 2. The van der Waals surface area contributed by atoms with E-state index in [1.807, 2.05) is 6.92 Å². The molecule has 0 aliphatic rings. The minimum atomic E-state index is -0.421. The minimum absolute atomic E-state index is 0.0703. The quantitative estimate of drug-likeness (QED) is 0.392. The lowest BCUT2D eigenvalue weighted by Gasteiger charge is -2.12.